The van der Waals surface area contributed by atoms with Crippen LogP contribution in [-0.4, -0.2) is 33.7 Å². The highest BCUT2D eigenvalue weighted by Crippen LogP contribution is 2.22. The maximum Gasteiger partial charge on any atom is 0.251 e. The van der Waals surface area contributed by atoms with E-state index in [1.54, 1.807) is 31.2 Å². The van der Waals surface area contributed by atoms with Crippen LogP contribution >= 0.6 is 11.6 Å². The molecule has 0 aliphatic heterocycles. The number of sulfonamides is 1. The van der Waals surface area contributed by atoms with Crippen LogP contribution in [0.25, 0.3) is 0 Å². The molecule has 0 saturated carbocycles. The van der Waals surface area contributed by atoms with Crippen molar-refractivity contribution in [2.24, 2.45) is 0 Å². The Labute approximate surface area is 158 Å². The fourth-order valence-corrected chi connectivity index (χ4v) is 3.08. The number of carbonyl (C=O) groups is 1. The minimum absolute atomic E-state index is 0.283. The van der Waals surface area contributed by atoms with E-state index in [0.29, 0.717) is 34.1 Å². The number of hydrogen-bond donors (Lipinski definition) is 2. The zero-order valence-corrected chi connectivity index (χ0v) is 16.4. The molecular weight excluding hydrogens is 376 g/mol. The molecule has 0 saturated heterocycles. The monoisotopic (exact) mass is 396 g/mol. The number of hydrogen-bond acceptors (Lipinski definition) is 4. The lowest BCUT2D eigenvalue weighted by molar-refractivity contribution is 0.0946. The molecule has 0 aliphatic rings. The van der Waals surface area contributed by atoms with E-state index in [-0.39, 0.29) is 12.5 Å². The lowest BCUT2D eigenvalue weighted by atomic mass is 10.1. The standard InChI is InChI=1S/C18H21ClN2O4S/c1-12-7-8-14(11-16(12)19)25-10-9-20-18(22)15-5-4-6-17(13(15)2)21-26(3,23)24/h4-8,11,21H,9-10H2,1-3H3,(H,20,22). The van der Waals surface area contributed by atoms with Crippen molar-refractivity contribution in [3.05, 3.63) is 58.1 Å². The second-order valence-corrected chi connectivity index (χ2v) is 8.02. The van der Waals surface area contributed by atoms with Crippen LogP contribution < -0.4 is 14.8 Å². The molecule has 2 aromatic rings. The van der Waals surface area contributed by atoms with Crippen LogP contribution in [0.15, 0.2) is 36.4 Å². The van der Waals surface area contributed by atoms with Crippen molar-refractivity contribution in [2.45, 2.75) is 13.8 Å². The Hall–Kier alpha value is -2.25. The SMILES string of the molecule is Cc1ccc(OCCNC(=O)c2cccc(NS(C)(=O)=O)c2C)cc1Cl. The molecule has 26 heavy (non-hydrogen) atoms. The first-order valence-electron chi connectivity index (χ1n) is 7.92. The predicted molar refractivity (Wildman–Crippen MR) is 104 cm³/mol. The van der Waals surface area contributed by atoms with Crippen LogP contribution in [0.1, 0.15) is 21.5 Å². The minimum Gasteiger partial charge on any atom is -0.492 e. The van der Waals surface area contributed by atoms with Gasteiger partial charge in [0.25, 0.3) is 5.91 Å². The van der Waals surface area contributed by atoms with Crippen molar-refractivity contribution in [3.8, 4) is 5.75 Å². The van der Waals surface area contributed by atoms with Crippen LogP contribution in [0, 0.1) is 13.8 Å². The summed E-state index contributed by atoms with van der Waals surface area (Å²) in [7, 11) is -3.41. The van der Waals surface area contributed by atoms with Crippen molar-refractivity contribution in [3.63, 3.8) is 0 Å². The smallest absolute Gasteiger partial charge is 0.251 e. The molecule has 0 spiro atoms. The van der Waals surface area contributed by atoms with Gasteiger partial charge in [0.1, 0.15) is 12.4 Å². The maximum atomic E-state index is 12.3. The Morgan fingerprint density at radius 1 is 1.19 bits per heavy atom. The molecule has 2 aromatic carbocycles. The molecule has 140 valence electrons. The molecule has 2 N–H and O–H groups in total. The van der Waals surface area contributed by atoms with E-state index in [2.05, 4.69) is 10.0 Å². The number of rotatable bonds is 7. The lowest BCUT2D eigenvalue weighted by Gasteiger charge is -2.13. The number of halogens is 1. The van der Waals surface area contributed by atoms with Crippen LogP contribution in [0.4, 0.5) is 5.69 Å². The van der Waals surface area contributed by atoms with Gasteiger partial charge in [0.2, 0.25) is 10.0 Å². The van der Waals surface area contributed by atoms with E-state index in [4.69, 9.17) is 16.3 Å². The zero-order chi connectivity index (χ0) is 19.3. The van der Waals surface area contributed by atoms with Crippen molar-refractivity contribution in [1.29, 1.82) is 0 Å². The maximum absolute atomic E-state index is 12.3. The number of anilines is 1. The van der Waals surface area contributed by atoms with Gasteiger partial charge >= 0.3 is 0 Å². The number of carbonyl (C=O) groups excluding carboxylic acids is 1. The molecule has 0 atom stereocenters. The number of aryl methyl sites for hydroxylation is 1. The van der Waals surface area contributed by atoms with Crippen molar-refractivity contribution >= 4 is 33.2 Å². The van der Waals surface area contributed by atoms with Crippen molar-refractivity contribution in [1.82, 2.24) is 5.32 Å². The molecule has 0 fully saturated rings. The van der Waals surface area contributed by atoms with Crippen molar-refractivity contribution in [2.75, 3.05) is 24.1 Å². The van der Waals surface area contributed by atoms with Gasteiger partial charge in [-0.05, 0) is 49.2 Å². The van der Waals surface area contributed by atoms with Gasteiger partial charge in [-0.3, -0.25) is 9.52 Å². The fourth-order valence-electron chi connectivity index (χ4n) is 2.28. The van der Waals surface area contributed by atoms with Gasteiger partial charge in [-0.2, -0.15) is 0 Å². The molecule has 0 aromatic heterocycles. The highest BCUT2D eigenvalue weighted by Gasteiger charge is 2.13. The summed E-state index contributed by atoms with van der Waals surface area (Å²) in [5, 5.41) is 3.37. The summed E-state index contributed by atoms with van der Waals surface area (Å²) in [6, 6.07) is 10.3. The molecule has 1 amide bonds. The third-order valence-corrected chi connectivity index (χ3v) is 4.67. The van der Waals surface area contributed by atoms with Crippen LogP contribution in [-0.2, 0) is 10.0 Å². The highest BCUT2D eigenvalue weighted by atomic mass is 35.5. The van der Waals surface area contributed by atoms with E-state index >= 15 is 0 Å². The molecular formula is C18H21ClN2O4S. The van der Waals surface area contributed by atoms with E-state index < -0.39 is 10.0 Å². The molecule has 0 bridgehead atoms. The summed E-state index contributed by atoms with van der Waals surface area (Å²) in [4.78, 5) is 12.3. The molecule has 0 aliphatic carbocycles. The summed E-state index contributed by atoms with van der Waals surface area (Å²) in [5.41, 5.74) is 2.30. The second kappa shape index (κ2) is 8.42. The minimum atomic E-state index is -3.41. The first-order valence-corrected chi connectivity index (χ1v) is 10.2. The van der Waals surface area contributed by atoms with E-state index in [9.17, 15) is 13.2 Å². The Morgan fingerprint density at radius 2 is 1.92 bits per heavy atom. The average Bonchev–Trinajstić information content (AvgIpc) is 2.55. The topological polar surface area (TPSA) is 84.5 Å². The number of amides is 1. The summed E-state index contributed by atoms with van der Waals surface area (Å²) in [5.74, 6) is 0.329. The molecule has 0 unspecified atom stereocenters. The van der Waals surface area contributed by atoms with Crippen LogP contribution in [0.2, 0.25) is 5.02 Å². The summed E-state index contributed by atoms with van der Waals surface area (Å²) in [6.07, 6.45) is 1.06. The lowest BCUT2D eigenvalue weighted by Crippen LogP contribution is -2.29. The third-order valence-electron chi connectivity index (χ3n) is 3.67. The third kappa shape index (κ3) is 5.64. The summed E-state index contributed by atoms with van der Waals surface area (Å²) in [6.45, 7) is 4.17. The van der Waals surface area contributed by atoms with Gasteiger partial charge in [0.05, 0.1) is 18.5 Å². The molecule has 0 heterocycles. The largest absolute Gasteiger partial charge is 0.492 e. The quantitative estimate of drug-likeness (QED) is 0.704. The van der Waals surface area contributed by atoms with Crippen LogP contribution in [0.3, 0.4) is 0 Å². The Morgan fingerprint density at radius 3 is 2.58 bits per heavy atom. The van der Waals surface area contributed by atoms with Crippen molar-refractivity contribution < 1.29 is 17.9 Å². The molecule has 6 nitrogen and oxygen atoms in total. The first kappa shape index (κ1) is 20.1. The van der Waals surface area contributed by atoms with Crippen LogP contribution in [0.5, 0.6) is 5.75 Å². The van der Waals surface area contributed by atoms with Gasteiger partial charge in [0, 0.05) is 10.6 Å². The molecule has 2 rings (SSSR count). The normalized spacial score (nSPS) is 11.1. The Kier molecular flexibility index (Phi) is 6.50. The number of nitrogens with one attached hydrogen (secondary N) is 2. The summed E-state index contributed by atoms with van der Waals surface area (Å²) < 4.78 is 30.7. The molecule has 8 heteroatoms. The van der Waals surface area contributed by atoms with E-state index in [1.807, 2.05) is 19.1 Å². The second-order valence-electron chi connectivity index (χ2n) is 5.87. The van der Waals surface area contributed by atoms with E-state index in [0.717, 1.165) is 11.8 Å². The first-order chi connectivity index (χ1) is 12.2. The van der Waals surface area contributed by atoms with Gasteiger partial charge in [-0.15, -0.1) is 0 Å². The predicted octanol–water partition coefficient (Wildman–Crippen LogP) is 3.14. The van der Waals surface area contributed by atoms with Gasteiger partial charge in [-0.25, -0.2) is 8.42 Å². The Bertz CT molecular complexity index is 913. The fraction of sp³-hybridized carbons (Fsp3) is 0.278. The van der Waals surface area contributed by atoms with Gasteiger partial charge in [0.15, 0.2) is 0 Å². The number of ether oxygens (including phenoxy) is 1. The Balaban J connectivity index is 1.93. The van der Waals surface area contributed by atoms with Gasteiger partial charge < -0.3 is 10.1 Å². The van der Waals surface area contributed by atoms with E-state index in [1.165, 1.54) is 0 Å². The molecule has 0 radical (unpaired) electrons. The highest BCUT2D eigenvalue weighted by molar-refractivity contribution is 7.92. The zero-order valence-electron chi connectivity index (χ0n) is 14.8. The van der Waals surface area contributed by atoms with Gasteiger partial charge in [-0.1, -0.05) is 23.7 Å². The summed E-state index contributed by atoms with van der Waals surface area (Å²) >= 11 is 6.04. The number of benzene rings is 2. The average molecular weight is 397 g/mol.